The molecule has 0 heterocycles. The Balaban J connectivity index is 4.95. The fourth-order valence-corrected chi connectivity index (χ4v) is 2.10. The molecule has 0 saturated heterocycles. The molecule has 0 spiro atoms. The first-order chi connectivity index (χ1) is 10.7. The molecule has 8 atom stereocenters. The average Bonchev–Trinajstić information content (AvgIpc) is 2.47. The van der Waals surface area contributed by atoms with E-state index in [2.05, 4.69) is 0 Å². The SMILES string of the molecule is O=S(=O)(O)CC(F)C(F)C(F)C(F)C(F)C(F)C(F)C(F)C(F)F. The van der Waals surface area contributed by atoms with Gasteiger partial charge in [0.1, 0.15) is 5.75 Å². The minimum absolute atomic E-state index is 2.04. The van der Waals surface area contributed by atoms with Crippen molar-refractivity contribution in [1.82, 2.24) is 0 Å². The van der Waals surface area contributed by atoms with Gasteiger partial charge in [-0.15, -0.1) is 0 Å². The summed E-state index contributed by atoms with van der Waals surface area (Å²) >= 11 is 0. The summed E-state index contributed by atoms with van der Waals surface area (Å²) in [7, 11) is -5.16. The summed E-state index contributed by atoms with van der Waals surface area (Å²) in [6, 6.07) is 0. The van der Waals surface area contributed by atoms with E-state index < -0.39 is 71.7 Å². The van der Waals surface area contributed by atoms with E-state index in [-0.39, 0.29) is 0 Å². The zero-order valence-electron chi connectivity index (χ0n) is 11.4. The molecule has 0 aliphatic heterocycles. The Morgan fingerprint density at radius 1 is 0.583 bits per heavy atom. The highest BCUT2D eigenvalue weighted by molar-refractivity contribution is 7.85. The van der Waals surface area contributed by atoms with Crippen molar-refractivity contribution in [1.29, 1.82) is 0 Å². The summed E-state index contributed by atoms with van der Waals surface area (Å²) in [5.74, 6) is -2.04. The second-order valence-electron chi connectivity index (χ2n) is 4.71. The van der Waals surface area contributed by atoms with Gasteiger partial charge in [0.05, 0.1) is 0 Å². The Morgan fingerprint density at radius 3 is 1.17 bits per heavy atom. The molecule has 146 valence electrons. The molecular formula is C10H12F10O3S. The van der Waals surface area contributed by atoms with Crippen molar-refractivity contribution < 1.29 is 56.9 Å². The summed E-state index contributed by atoms with van der Waals surface area (Å²) in [5, 5.41) is 0. The number of hydrogen-bond acceptors (Lipinski definition) is 2. The molecule has 0 saturated carbocycles. The Bertz CT molecular complexity index is 478. The van der Waals surface area contributed by atoms with Crippen molar-refractivity contribution >= 4 is 10.1 Å². The van der Waals surface area contributed by atoms with Crippen LogP contribution in [0.15, 0.2) is 0 Å². The lowest BCUT2D eigenvalue weighted by Gasteiger charge is -2.26. The molecule has 0 aromatic heterocycles. The predicted molar refractivity (Wildman–Crippen MR) is 61.6 cm³/mol. The second kappa shape index (κ2) is 9.06. The minimum Gasteiger partial charge on any atom is -0.285 e. The third-order valence-corrected chi connectivity index (χ3v) is 3.52. The van der Waals surface area contributed by atoms with E-state index in [0.717, 1.165) is 0 Å². The molecule has 0 fully saturated rings. The average molecular weight is 402 g/mol. The van der Waals surface area contributed by atoms with Crippen LogP contribution in [0.4, 0.5) is 43.9 Å². The van der Waals surface area contributed by atoms with Crippen LogP contribution < -0.4 is 0 Å². The van der Waals surface area contributed by atoms with Crippen LogP contribution in [0.2, 0.25) is 0 Å². The van der Waals surface area contributed by atoms with Crippen LogP contribution in [0, 0.1) is 0 Å². The molecule has 0 bridgehead atoms. The van der Waals surface area contributed by atoms with Gasteiger partial charge in [-0.25, -0.2) is 43.9 Å². The van der Waals surface area contributed by atoms with Crippen molar-refractivity contribution in [2.24, 2.45) is 0 Å². The van der Waals surface area contributed by atoms with E-state index in [0.29, 0.717) is 0 Å². The lowest BCUT2D eigenvalue weighted by Crippen LogP contribution is -2.48. The van der Waals surface area contributed by atoms with Gasteiger partial charge in [-0.2, -0.15) is 8.42 Å². The number of rotatable bonds is 10. The van der Waals surface area contributed by atoms with Crippen molar-refractivity contribution in [3.8, 4) is 0 Å². The summed E-state index contributed by atoms with van der Waals surface area (Å²) in [6.45, 7) is 0. The number of halogens is 10. The smallest absolute Gasteiger partial charge is 0.272 e. The van der Waals surface area contributed by atoms with Gasteiger partial charge in [-0.05, 0) is 0 Å². The third kappa shape index (κ3) is 6.61. The van der Waals surface area contributed by atoms with Gasteiger partial charge in [-0.3, -0.25) is 4.55 Å². The first-order valence-electron chi connectivity index (χ1n) is 6.06. The van der Waals surface area contributed by atoms with Crippen LogP contribution in [0.3, 0.4) is 0 Å². The van der Waals surface area contributed by atoms with E-state index in [1.54, 1.807) is 0 Å². The first-order valence-corrected chi connectivity index (χ1v) is 7.67. The number of hydrogen-bond donors (Lipinski definition) is 1. The van der Waals surface area contributed by atoms with Gasteiger partial charge in [0, 0.05) is 0 Å². The molecule has 0 aliphatic rings. The molecule has 0 aliphatic carbocycles. The minimum atomic E-state index is -5.16. The van der Waals surface area contributed by atoms with Crippen LogP contribution in [0.5, 0.6) is 0 Å². The second-order valence-corrected chi connectivity index (χ2v) is 6.21. The van der Waals surface area contributed by atoms with Crippen molar-refractivity contribution in [3.63, 3.8) is 0 Å². The van der Waals surface area contributed by atoms with E-state index in [1.807, 2.05) is 0 Å². The largest absolute Gasteiger partial charge is 0.285 e. The normalized spacial score (nSPS) is 23.2. The van der Waals surface area contributed by atoms with Crippen LogP contribution in [-0.4, -0.2) is 74.5 Å². The Labute approximate surface area is 129 Å². The van der Waals surface area contributed by atoms with Crippen LogP contribution >= 0.6 is 0 Å². The van der Waals surface area contributed by atoms with Crippen molar-refractivity contribution in [3.05, 3.63) is 0 Å². The fourth-order valence-electron chi connectivity index (χ4n) is 1.51. The van der Waals surface area contributed by atoms with Crippen LogP contribution in [-0.2, 0) is 10.1 Å². The molecule has 8 unspecified atom stereocenters. The van der Waals surface area contributed by atoms with E-state index >= 15 is 0 Å². The fraction of sp³-hybridized carbons (Fsp3) is 1.00. The van der Waals surface area contributed by atoms with Crippen LogP contribution in [0.25, 0.3) is 0 Å². The molecule has 3 nitrogen and oxygen atoms in total. The topological polar surface area (TPSA) is 54.4 Å². The quantitative estimate of drug-likeness (QED) is 0.452. The maximum atomic E-state index is 13.2. The Kier molecular flexibility index (Phi) is 8.76. The van der Waals surface area contributed by atoms with Gasteiger partial charge in [-0.1, -0.05) is 0 Å². The summed E-state index contributed by atoms with van der Waals surface area (Å²) in [4.78, 5) is 0. The highest BCUT2D eigenvalue weighted by Crippen LogP contribution is 2.28. The van der Waals surface area contributed by atoms with Crippen LogP contribution in [0.1, 0.15) is 0 Å². The molecule has 1 N–H and O–H groups in total. The van der Waals surface area contributed by atoms with Gasteiger partial charge in [0.2, 0.25) is 0 Å². The van der Waals surface area contributed by atoms with Gasteiger partial charge in [0.25, 0.3) is 16.5 Å². The Hall–Kier alpha value is -0.790. The highest BCUT2D eigenvalue weighted by atomic mass is 32.2. The standard InChI is InChI=1S/C10H12F10O3S/c11-2(1-24(21,22)23)3(12)4(13)5(14)6(15)7(16)8(17)9(18)10(19)20/h2-10H,1H2,(H,21,22,23). The lowest BCUT2D eigenvalue weighted by atomic mass is 9.98. The molecule has 0 radical (unpaired) electrons. The van der Waals surface area contributed by atoms with Gasteiger partial charge >= 0.3 is 0 Å². The molecule has 0 aromatic rings. The van der Waals surface area contributed by atoms with E-state index in [4.69, 9.17) is 4.55 Å². The van der Waals surface area contributed by atoms with Crippen molar-refractivity contribution in [2.75, 3.05) is 5.75 Å². The van der Waals surface area contributed by atoms with Gasteiger partial charge < -0.3 is 0 Å². The van der Waals surface area contributed by atoms with Crippen molar-refractivity contribution in [2.45, 2.75) is 55.8 Å². The lowest BCUT2D eigenvalue weighted by molar-refractivity contribution is -0.0690. The molecule has 0 aromatic carbocycles. The van der Waals surface area contributed by atoms with E-state index in [1.165, 1.54) is 0 Å². The Morgan fingerprint density at radius 2 is 0.875 bits per heavy atom. The monoisotopic (exact) mass is 402 g/mol. The first kappa shape index (κ1) is 23.2. The highest BCUT2D eigenvalue weighted by Gasteiger charge is 2.49. The van der Waals surface area contributed by atoms with E-state index in [9.17, 15) is 52.3 Å². The molecule has 0 amide bonds. The summed E-state index contributed by atoms with van der Waals surface area (Å²) in [5.41, 5.74) is 0. The summed E-state index contributed by atoms with van der Waals surface area (Å²) < 4.78 is 156. The van der Waals surface area contributed by atoms with Gasteiger partial charge in [0.15, 0.2) is 49.4 Å². The third-order valence-electron chi connectivity index (χ3n) is 2.78. The maximum absolute atomic E-state index is 13.2. The summed E-state index contributed by atoms with van der Waals surface area (Å²) in [6.07, 6.45) is -34.8. The molecular weight excluding hydrogens is 390 g/mol. The molecule has 0 rings (SSSR count). The maximum Gasteiger partial charge on any atom is 0.272 e. The number of alkyl halides is 10. The predicted octanol–water partition coefficient (Wildman–Crippen LogP) is 2.84. The zero-order valence-corrected chi connectivity index (χ0v) is 12.2. The zero-order chi connectivity index (χ0) is 19.4. The molecule has 24 heavy (non-hydrogen) atoms. The molecule has 14 heteroatoms.